The van der Waals surface area contributed by atoms with E-state index in [2.05, 4.69) is 10.3 Å². The van der Waals surface area contributed by atoms with Gasteiger partial charge in [-0.2, -0.15) is 13.2 Å². The van der Waals surface area contributed by atoms with Crippen LogP contribution in [0.4, 0.5) is 13.2 Å². The topological polar surface area (TPSA) is 44.9 Å². The van der Waals surface area contributed by atoms with Gasteiger partial charge in [-0.15, -0.1) is 0 Å². The quantitative estimate of drug-likeness (QED) is 0.532. The van der Waals surface area contributed by atoms with Gasteiger partial charge < -0.3 is 10.3 Å². The summed E-state index contributed by atoms with van der Waals surface area (Å²) in [4.78, 5) is 15.8. The summed E-state index contributed by atoms with van der Waals surface area (Å²) in [6, 6.07) is 12.9. The van der Waals surface area contributed by atoms with E-state index in [0.29, 0.717) is 5.56 Å². The van der Waals surface area contributed by atoms with E-state index in [1.807, 2.05) is 45.0 Å². The van der Waals surface area contributed by atoms with Crippen LogP contribution in [0.3, 0.4) is 0 Å². The molecule has 0 unspecified atom stereocenters. The lowest BCUT2D eigenvalue weighted by molar-refractivity contribution is -0.138. The summed E-state index contributed by atoms with van der Waals surface area (Å²) in [6.07, 6.45) is -2.85. The van der Waals surface area contributed by atoms with Gasteiger partial charge in [-0.25, -0.2) is 0 Å². The van der Waals surface area contributed by atoms with E-state index in [9.17, 15) is 18.0 Å². The fraction of sp³-hybridized carbons (Fsp3) is 0.348. The zero-order valence-corrected chi connectivity index (χ0v) is 16.7. The van der Waals surface area contributed by atoms with Crippen molar-refractivity contribution in [1.29, 1.82) is 0 Å². The van der Waals surface area contributed by atoms with E-state index >= 15 is 0 Å². The molecule has 29 heavy (non-hydrogen) atoms. The van der Waals surface area contributed by atoms with Crippen molar-refractivity contribution in [3.8, 4) is 0 Å². The number of aromatic nitrogens is 1. The molecule has 1 aromatic heterocycles. The van der Waals surface area contributed by atoms with E-state index in [4.69, 9.17) is 0 Å². The number of benzene rings is 2. The van der Waals surface area contributed by atoms with E-state index in [1.54, 1.807) is 12.3 Å². The van der Waals surface area contributed by atoms with Crippen LogP contribution >= 0.6 is 0 Å². The Labute approximate surface area is 168 Å². The van der Waals surface area contributed by atoms with Gasteiger partial charge >= 0.3 is 6.18 Å². The Bertz CT molecular complexity index is 991. The number of amides is 1. The molecular formula is C23H25F3N2O. The molecule has 2 N–H and O–H groups in total. The molecule has 0 fully saturated rings. The molecule has 0 aliphatic rings. The molecule has 0 radical (unpaired) electrons. The monoisotopic (exact) mass is 402 g/mol. The van der Waals surface area contributed by atoms with E-state index in [0.717, 1.165) is 17.0 Å². The number of H-pyrrole nitrogens is 1. The summed E-state index contributed by atoms with van der Waals surface area (Å²) in [5.74, 6) is -0.755. The third-order valence-electron chi connectivity index (χ3n) is 5.42. The maximum atomic E-state index is 13.7. The molecule has 0 bridgehead atoms. The Hall–Kier alpha value is -2.76. The molecule has 6 heteroatoms. The van der Waals surface area contributed by atoms with Gasteiger partial charge in [0.25, 0.3) is 0 Å². The van der Waals surface area contributed by atoms with E-state index in [-0.39, 0.29) is 29.9 Å². The zero-order valence-electron chi connectivity index (χ0n) is 16.7. The van der Waals surface area contributed by atoms with Crippen molar-refractivity contribution in [2.24, 2.45) is 5.92 Å². The molecule has 0 saturated heterocycles. The second-order valence-electron chi connectivity index (χ2n) is 7.73. The minimum atomic E-state index is -4.50. The largest absolute Gasteiger partial charge is 0.416 e. The summed E-state index contributed by atoms with van der Waals surface area (Å²) in [7, 11) is 0. The molecule has 0 spiro atoms. The summed E-state index contributed by atoms with van der Waals surface area (Å²) in [5.41, 5.74) is 0.912. The van der Waals surface area contributed by atoms with Gasteiger partial charge in [-0.3, -0.25) is 4.79 Å². The summed E-state index contributed by atoms with van der Waals surface area (Å²) in [6.45, 7) is 5.87. The van der Waals surface area contributed by atoms with Gasteiger partial charge in [-0.1, -0.05) is 50.2 Å². The van der Waals surface area contributed by atoms with Crippen molar-refractivity contribution in [3.05, 3.63) is 71.4 Å². The van der Waals surface area contributed by atoms with Crippen LogP contribution in [0.5, 0.6) is 0 Å². The van der Waals surface area contributed by atoms with Crippen LogP contribution in [0.25, 0.3) is 10.9 Å². The smallest absolute Gasteiger partial charge is 0.361 e. The van der Waals surface area contributed by atoms with E-state index < -0.39 is 17.7 Å². The Kier molecular flexibility index (Phi) is 6.01. The number of rotatable bonds is 6. The van der Waals surface area contributed by atoms with Gasteiger partial charge in [-0.05, 0) is 36.1 Å². The standard InChI is InChI=1S/C23H25F3N2O/c1-14(2)15(3)28-22(29)12-18(16-8-4-6-10-20(16)23(24,25)26)19-13-27-21-11-7-5-9-17(19)21/h4-11,13-15,18,27H,12H2,1-3H3,(H,28,29)/t15-,18+/m1/s1. The van der Waals surface area contributed by atoms with Gasteiger partial charge in [0.15, 0.2) is 0 Å². The molecule has 3 rings (SSSR count). The first-order valence-corrected chi connectivity index (χ1v) is 9.70. The molecule has 2 aromatic carbocycles. The summed E-state index contributed by atoms with van der Waals surface area (Å²) < 4.78 is 41.1. The van der Waals surface area contributed by atoms with Crippen LogP contribution < -0.4 is 5.32 Å². The highest BCUT2D eigenvalue weighted by Crippen LogP contribution is 2.40. The summed E-state index contributed by atoms with van der Waals surface area (Å²) >= 11 is 0. The molecule has 0 aliphatic carbocycles. The van der Waals surface area contributed by atoms with Crippen molar-refractivity contribution in [2.75, 3.05) is 0 Å². The Morgan fingerprint density at radius 3 is 2.34 bits per heavy atom. The highest BCUT2D eigenvalue weighted by molar-refractivity contribution is 5.86. The number of halogens is 3. The van der Waals surface area contributed by atoms with Crippen LogP contribution in [0.15, 0.2) is 54.7 Å². The SMILES string of the molecule is CC(C)[C@@H](C)NC(=O)C[C@@H](c1ccccc1C(F)(F)F)c1c[nH]c2ccccc12. The highest BCUT2D eigenvalue weighted by atomic mass is 19.4. The van der Waals surface area contributed by atoms with Gasteiger partial charge in [0, 0.05) is 35.5 Å². The maximum absolute atomic E-state index is 13.7. The summed E-state index contributed by atoms with van der Waals surface area (Å²) in [5, 5.41) is 3.74. The first-order valence-electron chi connectivity index (χ1n) is 9.70. The van der Waals surface area contributed by atoms with Crippen molar-refractivity contribution >= 4 is 16.8 Å². The maximum Gasteiger partial charge on any atom is 0.416 e. The van der Waals surface area contributed by atoms with Crippen molar-refractivity contribution in [1.82, 2.24) is 10.3 Å². The van der Waals surface area contributed by atoms with Gasteiger partial charge in [0.2, 0.25) is 5.91 Å². The Balaban J connectivity index is 2.07. The van der Waals surface area contributed by atoms with Gasteiger partial charge in [0.05, 0.1) is 5.56 Å². The average molecular weight is 402 g/mol. The number of hydrogen-bond donors (Lipinski definition) is 2. The fourth-order valence-corrected chi connectivity index (χ4v) is 3.49. The molecule has 154 valence electrons. The van der Waals surface area contributed by atoms with Crippen molar-refractivity contribution in [3.63, 3.8) is 0 Å². The first kappa shape index (κ1) is 21.0. The molecule has 1 heterocycles. The van der Waals surface area contributed by atoms with Crippen LogP contribution in [0.2, 0.25) is 0 Å². The third kappa shape index (κ3) is 4.63. The molecule has 1 amide bonds. The zero-order chi connectivity index (χ0) is 21.2. The normalized spacial score (nSPS) is 14.2. The van der Waals surface area contributed by atoms with E-state index in [1.165, 1.54) is 12.1 Å². The minimum absolute atomic E-state index is 0.0635. The molecule has 0 aliphatic heterocycles. The van der Waals surface area contributed by atoms with Crippen LogP contribution in [0.1, 0.15) is 49.8 Å². The minimum Gasteiger partial charge on any atom is -0.361 e. The lowest BCUT2D eigenvalue weighted by Gasteiger charge is -2.23. The Morgan fingerprint density at radius 2 is 1.66 bits per heavy atom. The highest BCUT2D eigenvalue weighted by Gasteiger charge is 2.36. The fourth-order valence-electron chi connectivity index (χ4n) is 3.49. The number of nitrogens with one attached hydrogen (secondary N) is 2. The number of fused-ring (bicyclic) bond motifs is 1. The first-order chi connectivity index (χ1) is 13.7. The second-order valence-corrected chi connectivity index (χ2v) is 7.73. The molecule has 3 nitrogen and oxygen atoms in total. The van der Waals surface area contributed by atoms with Gasteiger partial charge in [0.1, 0.15) is 0 Å². The van der Waals surface area contributed by atoms with Crippen LogP contribution in [-0.4, -0.2) is 16.9 Å². The van der Waals surface area contributed by atoms with Crippen LogP contribution in [0, 0.1) is 5.92 Å². The molecule has 3 aromatic rings. The third-order valence-corrected chi connectivity index (χ3v) is 5.42. The average Bonchev–Trinajstić information content (AvgIpc) is 3.09. The number of hydrogen-bond acceptors (Lipinski definition) is 1. The van der Waals surface area contributed by atoms with Crippen molar-refractivity contribution in [2.45, 2.75) is 45.3 Å². The number of aromatic amines is 1. The number of alkyl halides is 3. The predicted molar refractivity (Wildman–Crippen MR) is 109 cm³/mol. The lowest BCUT2D eigenvalue weighted by atomic mass is 9.85. The number of para-hydroxylation sites is 1. The van der Waals surface area contributed by atoms with Crippen molar-refractivity contribution < 1.29 is 18.0 Å². The molecular weight excluding hydrogens is 377 g/mol. The lowest BCUT2D eigenvalue weighted by Crippen LogP contribution is -2.37. The predicted octanol–water partition coefficient (Wildman–Crippen LogP) is 5.87. The molecule has 2 atom stereocenters. The number of carbonyl (C=O) groups excluding carboxylic acids is 1. The number of carbonyl (C=O) groups is 1. The Morgan fingerprint density at radius 1 is 1.00 bits per heavy atom. The van der Waals surface area contributed by atoms with Crippen LogP contribution in [-0.2, 0) is 11.0 Å². The molecule has 0 saturated carbocycles. The second kappa shape index (κ2) is 8.31.